The molecule has 0 saturated carbocycles. The molecule has 2 heterocycles. The number of Topliss-reactive ketones (excluding diaryl/α,β-unsaturated/α-hetero) is 1. The first kappa shape index (κ1) is 19.3. The summed E-state index contributed by atoms with van der Waals surface area (Å²) >= 11 is 0. The maximum atomic E-state index is 12.3. The highest BCUT2D eigenvalue weighted by Crippen LogP contribution is 2.23. The Hall–Kier alpha value is -2.48. The molecule has 1 aromatic heterocycles. The zero-order valence-electron chi connectivity index (χ0n) is 14.6. The number of piperidine rings is 1. The van der Waals surface area contributed by atoms with E-state index in [1.807, 2.05) is 24.3 Å². The van der Waals surface area contributed by atoms with Crippen molar-refractivity contribution in [3.05, 3.63) is 53.5 Å². The van der Waals surface area contributed by atoms with Crippen molar-refractivity contribution in [1.29, 1.82) is 0 Å². The fraction of sp³-hybridized carbons (Fsp3) is 0.421. The first-order chi connectivity index (χ1) is 12.9. The Balaban J connectivity index is 1.56. The predicted molar refractivity (Wildman–Crippen MR) is 92.9 cm³/mol. The average molecular weight is 379 g/mol. The van der Waals surface area contributed by atoms with Gasteiger partial charge in [0.25, 0.3) is 0 Å². The second-order valence-electron chi connectivity index (χ2n) is 6.53. The van der Waals surface area contributed by atoms with Crippen LogP contribution in [-0.2, 0) is 6.42 Å². The summed E-state index contributed by atoms with van der Waals surface area (Å²) in [5.41, 5.74) is 2.20. The zero-order valence-corrected chi connectivity index (χ0v) is 14.6. The number of halogens is 3. The van der Waals surface area contributed by atoms with E-state index in [1.165, 1.54) is 5.56 Å². The summed E-state index contributed by atoms with van der Waals surface area (Å²) < 4.78 is 40.8. The molecule has 1 fully saturated rings. The molecule has 1 aliphatic heterocycles. The molecule has 1 aliphatic rings. The summed E-state index contributed by atoms with van der Waals surface area (Å²) in [4.78, 5) is 19.9. The van der Waals surface area contributed by atoms with Gasteiger partial charge in [-0.1, -0.05) is 24.3 Å². The molecule has 0 radical (unpaired) electrons. The fourth-order valence-corrected chi connectivity index (χ4v) is 3.01. The van der Waals surface area contributed by atoms with Crippen LogP contribution in [0.2, 0.25) is 0 Å². The number of ether oxygens (including phenoxy) is 1. The van der Waals surface area contributed by atoms with Crippen LogP contribution in [0.25, 0.3) is 0 Å². The van der Waals surface area contributed by atoms with Gasteiger partial charge in [-0.25, -0.2) is 9.97 Å². The molecule has 3 rings (SSSR count). The highest BCUT2D eigenvalue weighted by molar-refractivity contribution is 5.95. The molecule has 1 N–H and O–H groups in total. The Morgan fingerprint density at radius 2 is 1.96 bits per heavy atom. The number of alkyl halides is 3. The van der Waals surface area contributed by atoms with Crippen molar-refractivity contribution >= 4 is 5.78 Å². The number of hydrogen-bond acceptors (Lipinski definition) is 5. The summed E-state index contributed by atoms with van der Waals surface area (Å²) in [5, 5.41) is 3.38. The van der Waals surface area contributed by atoms with Crippen LogP contribution in [-0.4, -0.2) is 41.6 Å². The van der Waals surface area contributed by atoms with Crippen LogP contribution in [0.4, 0.5) is 13.2 Å². The molecule has 1 saturated heterocycles. The number of nitrogens with zero attached hydrogens (tertiary/aromatic N) is 2. The van der Waals surface area contributed by atoms with Crippen LogP contribution in [0.5, 0.6) is 5.88 Å². The van der Waals surface area contributed by atoms with Crippen molar-refractivity contribution in [3.63, 3.8) is 0 Å². The number of benzene rings is 1. The van der Waals surface area contributed by atoms with Gasteiger partial charge in [0.2, 0.25) is 5.88 Å². The van der Waals surface area contributed by atoms with Gasteiger partial charge in [0, 0.05) is 13.0 Å². The lowest BCUT2D eigenvalue weighted by atomic mass is 9.91. The van der Waals surface area contributed by atoms with Crippen molar-refractivity contribution in [2.75, 3.05) is 19.7 Å². The number of aromatic nitrogens is 2. The smallest absolute Gasteiger partial charge is 0.422 e. The molecule has 144 valence electrons. The first-order valence-corrected chi connectivity index (χ1v) is 8.75. The van der Waals surface area contributed by atoms with E-state index < -0.39 is 12.8 Å². The fourth-order valence-electron chi connectivity index (χ4n) is 3.01. The normalized spacial score (nSPS) is 17.5. The third kappa shape index (κ3) is 5.75. The third-order valence-corrected chi connectivity index (χ3v) is 4.41. The number of carbonyl (C=O) groups is 1. The minimum Gasteiger partial charge on any atom is -0.467 e. The summed E-state index contributed by atoms with van der Waals surface area (Å²) in [7, 11) is 0. The number of rotatable bonds is 6. The highest BCUT2D eigenvalue weighted by atomic mass is 19.4. The largest absolute Gasteiger partial charge is 0.467 e. The molecule has 1 aromatic carbocycles. The molecular formula is C19H20F3N3O2. The maximum Gasteiger partial charge on any atom is 0.422 e. The minimum atomic E-state index is -4.45. The number of nitrogens with one attached hydrogen (secondary N) is 1. The van der Waals surface area contributed by atoms with Crippen molar-refractivity contribution in [2.45, 2.75) is 31.4 Å². The van der Waals surface area contributed by atoms with E-state index in [9.17, 15) is 18.0 Å². The van der Waals surface area contributed by atoms with Gasteiger partial charge in [0.1, 0.15) is 5.69 Å². The van der Waals surface area contributed by atoms with Gasteiger partial charge < -0.3 is 10.1 Å². The lowest BCUT2D eigenvalue weighted by Crippen LogP contribution is -2.28. The molecule has 0 unspecified atom stereocenters. The molecule has 0 amide bonds. The van der Waals surface area contributed by atoms with Gasteiger partial charge >= 0.3 is 6.18 Å². The molecule has 8 heteroatoms. The number of hydrogen-bond donors (Lipinski definition) is 1. The first-order valence-electron chi connectivity index (χ1n) is 8.75. The van der Waals surface area contributed by atoms with Crippen molar-refractivity contribution in [2.24, 2.45) is 0 Å². The highest BCUT2D eigenvalue weighted by Gasteiger charge is 2.28. The second kappa shape index (κ2) is 8.47. The topological polar surface area (TPSA) is 64.1 Å². The third-order valence-electron chi connectivity index (χ3n) is 4.41. The lowest BCUT2D eigenvalue weighted by Gasteiger charge is -2.23. The van der Waals surface area contributed by atoms with Gasteiger partial charge in [-0.3, -0.25) is 4.79 Å². The van der Waals surface area contributed by atoms with Crippen LogP contribution >= 0.6 is 0 Å². The van der Waals surface area contributed by atoms with E-state index in [0.717, 1.165) is 43.9 Å². The van der Waals surface area contributed by atoms with E-state index in [4.69, 9.17) is 0 Å². The Bertz CT molecular complexity index is 755. The van der Waals surface area contributed by atoms with E-state index in [0.29, 0.717) is 5.92 Å². The molecule has 5 nitrogen and oxygen atoms in total. The van der Waals surface area contributed by atoms with E-state index in [1.54, 1.807) is 0 Å². The van der Waals surface area contributed by atoms with Gasteiger partial charge in [-0.2, -0.15) is 13.2 Å². The summed E-state index contributed by atoms with van der Waals surface area (Å²) in [6.07, 6.45) is 0.181. The van der Waals surface area contributed by atoms with Crippen LogP contribution < -0.4 is 10.1 Å². The molecule has 0 aliphatic carbocycles. The Labute approximate surface area is 155 Å². The molecule has 1 atom stereocenters. The Morgan fingerprint density at radius 3 is 2.56 bits per heavy atom. The Kier molecular flexibility index (Phi) is 6.05. The zero-order chi connectivity index (χ0) is 19.3. The van der Waals surface area contributed by atoms with Crippen LogP contribution in [0.3, 0.4) is 0 Å². The number of carbonyl (C=O) groups excluding carboxylic acids is 1. The van der Waals surface area contributed by atoms with Gasteiger partial charge in [0.15, 0.2) is 12.4 Å². The van der Waals surface area contributed by atoms with E-state index >= 15 is 0 Å². The van der Waals surface area contributed by atoms with Gasteiger partial charge in [-0.05, 0) is 36.4 Å². The quantitative estimate of drug-likeness (QED) is 0.781. The van der Waals surface area contributed by atoms with Gasteiger partial charge in [-0.15, -0.1) is 0 Å². The lowest BCUT2D eigenvalue weighted by molar-refractivity contribution is -0.154. The summed E-state index contributed by atoms with van der Waals surface area (Å²) in [5.74, 6) is -0.0233. The van der Waals surface area contributed by atoms with Crippen molar-refractivity contribution < 1.29 is 22.7 Å². The molecular weight excluding hydrogens is 359 g/mol. The summed E-state index contributed by atoms with van der Waals surface area (Å²) in [6.45, 7) is 0.582. The SMILES string of the molecule is O=C(Cc1ccc([C@@H]2CCCNC2)cc1)c1cnc(OCC(F)(F)F)cn1. The standard InChI is InChI=1S/C19H20F3N3O2/c20-19(21,22)12-27-18-11-24-16(10-25-18)17(26)8-13-3-5-14(6-4-13)15-2-1-7-23-9-15/h3-6,10-11,15,23H,1-2,7-9,12H2/t15-/m1/s1. The van der Waals surface area contributed by atoms with Crippen LogP contribution in [0.15, 0.2) is 36.7 Å². The van der Waals surface area contributed by atoms with Crippen molar-refractivity contribution in [3.8, 4) is 5.88 Å². The minimum absolute atomic E-state index is 0.0925. The van der Waals surface area contributed by atoms with Crippen LogP contribution in [0, 0.1) is 0 Å². The monoisotopic (exact) mass is 379 g/mol. The van der Waals surface area contributed by atoms with E-state index in [-0.39, 0.29) is 23.8 Å². The van der Waals surface area contributed by atoms with Crippen LogP contribution in [0.1, 0.15) is 40.4 Å². The Morgan fingerprint density at radius 1 is 1.19 bits per heavy atom. The predicted octanol–water partition coefficient (Wildman–Crippen LogP) is 3.31. The van der Waals surface area contributed by atoms with Crippen molar-refractivity contribution in [1.82, 2.24) is 15.3 Å². The summed E-state index contributed by atoms with van der Waals surface area (Å²) in [6, 6.07) is 7.94. The molecule has 2 aromatic rings. The molecule has 27 heavy (non-hydrogen) atoms. The van der Waals surface area contributed by atoms with E-state index in [2.05, 4.69) is 20.0 Å². The average Bonchev–Trinajstić information content (AvgIpc) is 2.67. The second-order valence-corrected chi connectivity index (χ2v) is 6.53. The van der Waals surface area contributed by atoms with Gasteiger partial charge in [0.05, 0.1) is 12.4 Å². The molecule has 0 bridgehead atoms. The molecule has 0 spiro atoms. The maximum absolute atomic E-state index is 12.3. The number of ketones is 1.